The Morgan fingerprint density at radius 3 is 2.14 bits per heavy atom. The summed E-state index contributed by atoms with van der Waals surface area (Å²) in [6, 6.07) is 32.7. The van der Waals surface area contributed by atoms with Crippen molar-refractivity contribution in [3.63, 3.8) is 0 Å². The molecule has 1 aromatic heterocycles. The average molecular weight is 949 g/mol. The molecule has 2 fully saturated rings. The monoisotopic (exact) mass is 948 g/mol. The molecule has 0 saturated carbocycles. The molecule has 3 aliphatic heterocycles. The standard InChI is InChI=1S/C52H44N4O12S/c1-64-27-28-67-51(63)55-38-26-21-30(13-12-18-35(46(59)65-2)47(60)66-3)29-36(38)52(49(55)62)40(45(58)54-50-53-37-19-10-11-20-39(37)69-50)42-48(61)68-43(32-16-8-5-9-17-32)41(31-14-6-4-7-15-31)56(42)44(52)33-22-24-34(57)25-23-33/h4-11,14-17,19-26,29,35,40-44,57H,18,27-28H2,1-3H3,(H,53,54,58)/t40-,41-,42-,43+,44+,52-/m0/s1. The first kappa shape index (κ1) is 46.2. The normalized spacial score (nSPS) is 21.5. The Labute approximate surface area is 399 Å². The number of rotatable bonds is 11. The number of ether oxygens (including phenoxy) is 5. The van der Waals surface area contributed by atoms with Crippen LogP contribution in [-0.2, 0) is 53.1 Å². The lowest BCUT2D eigenvalue weighted by atomic mass is 9.65. The predicted octanol–water partition coefficient (Wildman–Crippen LogP) is 6.79. The lowest BCUT2D eigenvalue weighted by molar-refractivity contribution is -0.178. The third kappa shape index (κ3) is 8.22. The van der Waals surface area contributed by atoms with Gasteiger partial charge in [-0.2, -0.15) is 0 Å². The van der Waals surface area contributed by atoms with Gasteiger partial charge in [-0.15, -0.1) is 0 Å². The number of cyclic esters (lactones) is 1. The molecule has 5 aromatic carbocycles. The molecule has 17 heteroatoms. The van der Waals surface area contributed by atoms with E-state index in [0.717, 1.165) is 23.8 Å². The molecule has 0 radical (unpaired) electrons. The van der Waals surface area contributed by atoms with Crippen LogP contribution in [0.15, 0.2) is 127 Å². The molecule has 0 unspecified atom stereocenters. The second-order valence-electron chi connectivity index (χ2n) is 16.4. The third-order valence-corrected chi connectivity index (χ3v) is 13.6. The number of amides is 3. The fourth-order valence-corrected chi connectivity index (χ4v) is 10.7. The van der Waals surface area contributed by atoms with Crippen molar-refractivity contribution in [3.8, 4) is 17.6 Å². The van der Waals surface area contributed by atoms with Gasteiger partial charge in [0.2, 0.25) is 11.8 Å². The van der Waals surface area contributed by atoms with E-state index in [1.807, 2.05) is 83.8 Å². The first-order valence-corrected chi connectivity index (χ1v) is 22.7. The van der Waals surface area contributed by atoms with Gasteiger partial charge >= 0.3 is 24.0 Å². The number of para-hydroxylation sites is 1. The predicted molar refractivity (Wildman–Crippen MR) is 251 cm³/mol. The van der Waals surface area contributed by atoms with E-state index in [1.54, 1.807) is 30.3 Å². The van der Waals surface area contributed by atoms with Crippen LogP contribution in [-0.4, -0.2) is 91.4 Å². The SMILES string of the molecule is COCCOC(=O)N1C(=O)[C@@]2(c3cc(C#CCC(C(=O)OC)C(=O)OC)ccc31)[C@H](C(=O)Nc1nc3ccccc3s1)[C@H]1C(=O)O[C@H](c3ccccc3)[C@H](c3ccccc3)N1[C@@H]2c1ccc(O)cc1. The van der Waals surface area contributed by atoms with Crippen molar-refractivity contribution >= 4 is 68.2 Å². The summed E-state index contributed by atoms with van der Waals surface area (Å²) in [5.74, 6) is -1.48. The topological polar surface area (TPSA) is 200 Å². The highest BCUT2D eigenvalue weighted by Gasteiger charge is 2.76. The van der Waals surface area contributed by atoms with Gasteiger partial charge in [0.05, 0.1) is 54.7 Å². The summed E-state index contributed by atoms with van der Waals surface area (Å²) in [7, 11) is 3.70. The molecule has 69 heavy (non-hydrogen) atoms. The summed E-state index contributed by atoms with van der Waals surface area (Å²) >= 11 is 1.20. The Kier molecular flexibility index (Phi) is 13.0. The number of nitrogens with one attached hydrogen (secondary N) is 1. The summed E-state index contributed by atoms with van der Waals surface area (Å²) in [5.41, 5.74) is 0.569. The number of phenols is 1. The van der Waals surface area contributed by atoms with Crippen LogP contribution in [0.1, 0.15) is 52.4 Å². The van der Waals surface area contributed by atoms with Crippen molar-refractivity contribution in [2.24, 2.45) is 11.8 Å². The van der Waals surface area contributed by atoms with E-state index in [1.165, 1.54) is 36.6 Å². The highest BCUT2D eigenvalue weighted by Crippen LogP contribution is 2.66. The third-order valence-electron chi connectivity index (χ3n) is 12.7. The minimum absolute atomic E-state index is 0.00307. The molecule has 350 valence electrons. The van der Waals surface area contributed by atoms with Crippen LogP contribution in [0.3, 0.4) is 0 Å². The van der Waals surface area contributed by atoms with Gasteiger partial charge in [-0.05, 0) is 64.7 Å². The van der Waals surface area contributed by atoms with Gasteiger partial charge in [0, 0.05) is 19.1 Å². The minimum Gasteiger partial charge on any atom is -0.508 e. The van der Waals surface area contributed by atoms with E-state index in [4.69, 9.17) is 23.7 Å². The van der Waals surface area contributed by atoms with Gasteiger partial charge in [0.15, 0.2) is 11.0 Å². The maximum atomic E-state index is 16.3. The molecule has 0 aliphatic carbocycles. The second-order valence-corrected chi connectivity index (χ2v) is 17.4. The number of morpholine rings is 1. The molecule has 2 saturated heterocycles. The molecule has 16 nitrogen and oxygen atoms in total. The van der Waals surface area contributed by atoms with Crippen molar-refractivity contribution in [1.29, 1.82) is 0 Å². The molecule has 9 rings (SSSR count). The largest absolute Gasteiger partial charge is 0.508 e. The molecular formula is C52H44N4O12S. The summed E-state index contributed by atoms with van der Waals surface area (Å²) in [5, 5.41) is 13.9. The number of hydrogen-bond donors (Lipinski definition) is 2. The lowest BCUT2D eigenvalue weighted by Gasteiger charge is -2.46. The number of thiazole rings is 1. The van der Waals surface area contributed by atoms with Gasteiger partial charge in [-0.1, -0.05) is 108 Å². The van der Waals surface area contributed by atoms with Crippen molar-refractivity contribution in [2.75, 3.05) is 44.8 Å². The van der Waals surface area contributed by atoms with Crippen molar-refractivity contribution in [1.82, 2.24) is 9.88 Å². The highest BCUT2D eigenvalue weighted by molar-refractivity contribution is 7.22. The van der Waals surface area contributed by atoms with Crippen LogP contribution in [0.4, 0.5) is 15.6 Å². The van der Waals surface area contributed by atoms with Crippen LogP contribution in [0.2, 0.25) is 0 Å². The van der Waals surface area contributed by atoms with E-state index >= 15 is 14.4 Å². The first-order chi connectivity index (χ1) is 33.5. The van der Waals surface area contributed by atoms with Crippen LogP contribution < -0.4 is 10.2 Å². The zero-order chi connectivity index (χ0) is 48.4. The number of methoxy groups -OCH3 is 3. The Bertz CT molecular complexity index is 2980. The molecule has 0 bridgehead atoms. The van der Waals surface area contributed by atoms with Crippen molar-refractivity contribution in [2.45, 2.75) is 36.1 Å². The van der Waals surface area contributed by atoms with Crippen molar-refractivity contribution in [3.05, 3.63) is 155 Å². The van der Waals surface area contributed by atoms with E-state index in [0.29, 0.717) is 22.2 Å². The summed E-state index contributed by atoms with van der Waals surface area (Å²) in [6.07, 6.45) is -2.36. The zero-order valence-electron chi connectivity index (χ0n) is 37.4. The Morgan fingerprint density at radius 1 is 0.812 bits per heavy atom. The molecule has 3 aliphatic rings. The maximum absolute atomic E-state index is 16.3. The molecule has 1 spiro atoms. The smallest absolute Gasteiger partial charge is 0.421 e. The second kappa shape index (κ2) is 19.4. The number of esters is 3. The summed E-state index contributed by atoms with van der Waals surface area (Å²) in [6.45, 7) is -0.228. The molecule has 4 heterocycles. The Hall–Kier alpha value is -7.91. The van der Waals surface area contributed by atoms with Gasteiger partial charge in [0.25, 0.3) is 0 Å². The van der Waals surface area contributed by atoms with Crippen LogP contribution in [0.25, 0.3) is 10.2 Å². The molecule has 6 atom stereocenters. The van der Waals surface area contributed by atoms with Gasteiger partial charge in [-0.25, -0.2) is 14.7 Å². The fourth-order valence-electron chi connectivity index (χ4n) is 9.81. The number of nitrogens with zero attached hydrogens (tertiary/aromatic N) is 3. The average Bonchev–Trinajstić information content (AvgIpc) is 4.01. The molecule has 6 aromatic rings. The maximum Gasteiger partial charge on any atom is 0.421 e. The van der Waals surface area contributed by atoms with E-state index in [9.17, 15) is 19.5 Å². The first-order valence-electron chi connectivity index (χ1n) is 21.8. The van der Waals surface area contributed by atoms with E-state index < -0.39 is 77.3 Å². The number of aromatic hydroxyl groups is 1. The number of carbonyl (C=O) groups is 6. The summed E-state index contributed by atoms with van der Waals surface area (Å²) in [4.78, 5) is 94.5. The number of aromatic nitrogens is 1. The van der Waals surface area contributed by atoms with Gasteiger partial charge in [-0.3, -0.25) is 28.9 Å². The number of anilines is 2. The van der Waals surface area contributed by atoms with E-state index in [-0.39, 0.29) is 47.3 Å². The minimum atomic E-state index is -2.19. The van der Waals surface area contributed by atoms with E-state index in [2.05, 4.69) is 22.1 Å². The number of carbonyl (C=O) groups excluding carboxylic acids is 6. The number of phenolic OH excluding ortho intramolecular Hbond substituents is 1. The number of imide groups is 1. The molecular weight excluding hydrogens is 905 g/mol. The number of benzene rings is 5. The van der Waals surface area contributed by atoms with Crippen LogP contribution >= 0.6 is 11.3 Å². The van der Waals surface area contributed by atoms with Crippen LogP contribution in [0, 0.1) is 23.7 Å². The lowest BCUT2D eigenvalue weighted by Crippen LogP contribution is -2.54. The van der Waals surface area contributed by atoms with Crippen LogP contribution in [0.5, 0.6) is 5.75 Å². The number of hydrogen-bond acceptors (Lipinski definition) is 15. The van der Waals surface area contributed by atoms with Gasteiger partial charge in [0.1, 0.15) is 29.9 Å². The quantitative estimate of drug-likeness (QED) is 0.0452. The Balaban J connectivity index is 1.33. The Morgan fingerprint density at radius 2 is 1.48 bits per heavy atom. The molecule has 2 N–H and O–H groups in total. The van der Waals surface area contributed by atoms with Crippen molar-refractivity contribution < 1.29 is 57.6 Å². The fraction of sp³-hybridized carbons (Fsp3) is 0.250. The van der Waals surface area contributed by atoms with Gasteiger partial charge < -0.3 is 34.1 Å². The molecule has 3 amide bonds. The zero-order valence-corrected chi connectivity index (χ0v) is 38.2. The summed E-state index contributed by atoms with van der Waals surface area (Å²) < 4.78 is 27.7. The number of fused-ring (bicyclic) bond motifs is 4. The highest BCUT2D eigenvalue weighted by atomic mass is 32.1.